The first kappa shape index (κ1) is 14.0. The zero-order chi connectivity index (χ0) is 15.0. The van der Waals surface area contributed by atoms with Crippen LogP contribution < -0.4 is 4.72 Å². The first-order chi connectivity index (χ1) is 9.95. The molecular weight excluding hydrogens is 332 g/mol. The van der Waals surface area contributed by atoms with Gasteiger partial charge in [0.15, 0.2) is 5.03 Å². The molecule has 0 aliphatic rings. The van der Waals surface area contributed by atoms with Gasteiger partial charge in [0.05, 0.1) is 16.1 Å². The number of aryl methyl sites for hydroxylation is 1. The lowest BCUT2D eigenvalue weighted by atomic mass is 10.3. The fourth-order valence-electron chi connectivity index (χ4n) is 1.62. The van der Waals surface area contributed by atoms with E-state index < -0.39 is 15.9 Å². The third-order valence-corrected chi connectivity index (χ3v) is 5.39. The van der Waals surface area contributed by atoms with Gasteiger partial charge in [0.2, 0.25) is 0 Å². The molecule has 0 aliphatic carbocycles. The second kappa shape index (κ2) is 5.13. The van der Waals surface area contributed by atoms with Gasteiger partial charge in [0, 0.05) is 11.6 Å². The number of sulfonamides is 1. The summed E-state index contributed by atoms with van der Waals surface area (Å²) in [5.41, 5.74) is 2.08. The summed E-state index contributed by atoms with van der Waals surface area (Å²) in [6.45, 7) is 1.83. The minimum atomic E-state index is -3.96. The molecule has 0 aromatic carbocycles. The van der Waals surface area contributed by atoms with E-state index in [4.69, 9.17) is 0 Å². The van der Waals surface area contributed by atoms with Gasteiger partial charge in [-0.15, -0.1) is 11.3 Å². The minimum absolute atomic E-state index is 0.131. The molecule has 1 N–H and O–H groups in total. The first-order valence-corrected chi connectivity index (χ1v) is 8.88. The van der Waals surface area contributed by atoms with Crippen molar-refractivity contribution in [3.05, 3.63) is 33.7 Å². The summed E-state index contributed by atoms with van der Waals surface area (Å²) in [6, 6.07) is 1.51. The van der Waals surface area contributed by atoms with Crippen LogP contribution >= 0.6 is 22.7 Å². The first-order valence-electron chi connectivity index (χ1n) is 5.64. The molecule has 3 aromatic heterocycles. The van der Waals surface area contributed by atoms with Crippen LogP contribution in [0.3, 0.4) is 0 Å². The van der Waals surface area contributed by atoms with Gasteiger partial charge in [-0.1, -0.05) is 11.3 Å². The summed E-state index contributed by atoms with van der Waals surface area (Å²) in [7, 11) is -3.96. The summed E-state index contributed by atoms with van der Waals surface area (Å²) < 4.78 is 25.8. The Morgan fingerprint density at radius 3 is 2.86 bits per heavy atom. The van der Waals surface area contributed by atoms with E-state index in [1.807, 2.05) is 11.6 Å². The average Bonchev–Trinajstić information content (AvgIpc) is 3.05. The van der Waals surface area contributed by atoms with Crippen LogP contribution in [0.5, 0.6) is 0 Å². The Kier molecular flexibility index (Phi) is 3.43. The minimum Gasteiger partial charge on any atom is -0.268 e. The van der Waals surface area contributed by atoms with E-state index in [-0.39, 0.29) is 10.6 Å². The molecule has 21 heavy (non-hydrogen) atoms. The number of amides is 1. The SMILES string of the molecule is Cc1nc2cc(C(=O)NS(=O)(=O)c3cscn3)cnc2s1. The number of carbonyl (C=O) groups excluding carboxylic acids is 1. The average molecular weight is 340 g/mol. The number of fused-ring (bicyclic) bond motifs is 1. The molecule has 10 heteroatoms. The van der Waals surface area contributed by atoms with Crippen LogP contribution in [0.25, 0.3) is 10.3 Å². The Bertz CT molecular complexity index is 916. The second-order valence-corrected chi connectivity index (χ2v) is 7.57. The number of thiazole rings is 2. The lowest BCUT2D eigenvalue weighted by molar-refractivity contribution is 0.0981. The van der Waals surface area contributed by atoms with Gasteiger partial charge in [0.1, 0.15) is 10.3 Å². The number of aromatic nitrogens is 3. The highest BCUT2D eigenvalue weighted by Gasteiger charge is 2.21. The van der Waals surface area contributed by atoms with Gasteiger partial charge >= 0.3 is 0 Å². The molecule has 108 valence electrons. The predicted octanol–water partition coefficient (Wildman–Crippen LogP) is 1.57. The Hall–Kier alpha value is -1.91. The number of nitrogens with zero attached hydrogens (tertiary/aromatic N) is 3. The molecule has 0 aliphatic heterocycles. The summed E-state index contributed by atoms with van der Waals surface area (Å²) in [5.74, 6) is -0.761. The van der Waals surface area contributed by atoms with Crippen molar-refractivity contribution in [1.82, 2.24) is 19.7 Å². The summed E-state index contributed by atoms with van der Waals surface area (Å²) >= 11 is 2.53. The maximum atomic E-state index is 12.0. The van der Waals surface area contributed by atoms with Crippen LogP contribution in [0.1, 0.15) is 15.4 Å². The number of rotatable bonds is 3. The molecule has 7 nitrogen and oxygen atoms in total. The summed E-state index contributed by atoms with van der Waals surface area (Å²) in [5, 5.41) is 1.99. The lowest BCUT2D eigenvalue weighted by Crippen LogP contribution is -2.30. The van der Waals surface area contributed by atoms with Gasteiger partial charge in [-0.3, -0.25) is 4.79 Å². The normalized spacial score (nSPS) is 11.7. The largest absolute Gasteiger partial charge is 0.282 e. The quantitative estimate of drug-likeness (QED) is 0.776. The monoisotopic (exact) mass is 340 g/mol. The second-order valence-electron chi connectivity index (χ2n) is 4.04. The van der Waals surface area contributed by atoms with E-state index in [0.29, 0.717) is 10.3 Å². The van der Waals surface area contributed by atoms with Crippen molar-refractivity contribution < 1.29 is 13.2 Å². The number of hydrogen-bond donors (Lipinski definition) is 1. The van der Waals surface area contributed by atoms with E-state index in [0.717, 1.165) is 16.3 Å². The van der Waals surface area contributed by atoms with Crippen LogP contribution in [0.4, 0.5) is 0 Å². The zero-order valence-corrected chi connectivity index (χ0v) is 13.1. The summed E-state index contributed by atoms with van der Waals surface area (Å²) in [4.78, 5) is 24.7. The molecule has 0 bridgehead atoms. The highest BCUT2D eigenvalue weighted by molar-refractivity contribution is 7.90. The smallest absolute Gasteiger partial charge is 0.268 e. The van der Waals surface area contributed by atoms with Gasteiger partial charge in [-0.05, 0) is 13.0 Å². The molecule has 0 unspecified atom stereocenters. The maximum Gasteiger partial charge on any atom is 0.282 e. The molecule has 0 radical (unpaired) electrons. The molecule has 0 atom stereocenters. The molecule has 3 rings (SSSR count). The number of nitrogens with one attached hydrogen (secondary N) is 1. The Morgan fingerprint density at radius 2 is 2.14 bits per heavy atom. The highest BCUT2D eigenvalue weighted by Crippen LogP contribution is 2.20. The van der Waals surface area contributed by atoms with E-state index in [1.54, 1.807) is 0 Å². The van der Waals surface area contributed by atoms with Gasteiger partial charge in [0.25, 0.3) is 15.9 Å². The van der Waals surface area contributed by atoms with Gasteiger partial charge < -0.3 is 0 Å². The molecular formula is C11H8N4O3S3. The molecule has 0 spiro atoms. The predicted molar refractivity (Wildman–Crippen MR) is 78.9 cm³/mol. The van der Waals surface area contributed by atoms with Crippen LogP contribution in [0.15, 0.2) is 28.2 Å². The van der Waals surface area contributed by atoms with Crippen molar-refractivity contribution in [2.24, 2.45) is 0 Å². The van der Waals surface area contributed by atoms with Gasteiger partial charge in [-0.25, -0.2) is 19.7 Å². The molecule has 0 saturated heterocycles. The van der Waals surface area contributed by atoms with E-state index in [2.05, 4.69) is 15.0 Å². The van der Waals surface area contributed by atoms with E-state index in [9.17, 15) is 13.2 Å². The lowest BCUT2D eigenvalue weighted by Gasteiger charge is -2.04. The topological polar surface area (TPSA) is 102 Å². The highest BCUT2D eigenvalue weighted by atomic mass is 32.2. The standard InChI is InChI=1S/C11H8N4O3S3/c1-6-14-8-2-7(3-12-11(8)20-6)10(16)15-21(17,18)9-4-19-5-13-9/h2-5H,1H3,(H,15,16). The van der Waals surface area contributed by atoms with E-state index >= 15 is 0 Å². The Balaban J connectivity index is 1.90. The molecule has 3 aromatic rings. The maximum absolute atomic E-state index is 12.0. The molecule has 0 fully saturated rings. The molecule has 1 amide bonds. The van der Waals surface area contributed by atoms with Crippen molar-refractivity contribution in [2.75, 3.05) is 0 Å². The van der Waals surface area contributed by atoms with Crippen molar-refractivity contribution in [1.29, 1.82) is 0 Å². The van der Waals surface area contributed by atoms with Gasteiger partial charge in [-0.2, -0.15) is 8.42 Å². The summed E-state index contributed by atoms with van der Waals surface area (Å²) in [6.07, 6.45) is 1.33. The van der Waals surface area contributed by atoms with Crippen LogP contribution in [-0.2, 0) is 10.0 Å². The van der Waals surface area contributed by atoms with Crippen LogP contribution in [0.2, 0.25) is 0 Å². The van der Waals surface area contributed by atoms with Crippen molar-refractivity contribution in [3.8, 4) is 0 Å². The van der Waals surface area contributed by atoms with Crippen molar-refractivity contribution in [2.45, 2.75) is 11.9 Å². The third-order valence-electron chi connectivity index (χ3n) is 2.53. The number of hydrogen-bond acceptors (Lipinski definition) is 8. The van der Waals surface area contributed by atoms with Crippen molar-refractivity contribution in [3.63, 3.8) is 0 Å². The van der Waals surface area contributed by atoms with Crippen molar-refractivity contribution >= 4 is 49.0 Å². The molecule has 3 heterocycles. The Labute approximate surface area is 127 Å². The third kappa shape index (κ3) is 2.77. The van der Waals surface area contributed by atoms with Crippen LogP contribution in [-0.4, -0.2) is 29.3 Å². The number of carbonyl (C=O) groups is 1. The van der Waals surface area contributed by atoms with E-state index in [1.165, 1.54) is 34.5 Å². The zero-order valence-electron chi connectivity index (χ0n) is 10.6. The number of pyridine rings is 1. The van der Waals surface area contributed by atoms with Crippen LogP contribution in [0, 0.1) is 6.92 Å². The molecule has 0 saturated carbocycles. The Morgan fingerprint density at radius 1 is 1.33 bits per heavy atom. The fraction of sp³-hybridized carbons (Fsp3) is 0.0909. The fourth-order valence-corrected chi connectivity index (χ4v) is 4.17.